The topological polar surface area (TPSA) is 75.4 Å². The number of benzene rings is 1. The first kappa shape index (κ1) is 19.1. The molecule has 1 aromatic carbocycles. The van der Waals surface area contributed by atoms with Gasteiger partial charge in [0.25, 0.3) is 5.91 Å². The van der Waals surface area contributed by atoms with E-state index < -0.39 is 6.04 Å². The average molecular weight is 422 g/mol. The number of fused-ring (bicyclic) bond motifs is 2. The van der Waals surface area contributed by atoms with E-state index in [4.69, 9.17) is 4.42 Å². The Balaban J connectivity index is 1.41. The molecule has 2 aromatic heterocycles. The van der Waals surface area contributed by atoms with Gasteiger partial charge in [0.05, 0.1) is 12.0 Å². The molecule has 7 heteroatoms. The van der Waals surface area contributed by atoms with Gasteiger partial charge in [-0.2, -0.15) is 0 Å². The molecule has 0 saturated heterocycles. The fourth-order valence-corrected chi connectivity index (χ4v) is 5.47. The summed E-state index contributed by atoms with van der Waals surface area (Å²) in [6.07, 6.45) is 5.05. The molecule has 0 spiro atoms. The highest BCUT2D eigenvalue weighted by Gasteiger charge is 2.36. The van der Waals surface area contributed by atoms with E-state index in [0.717, 1.165) is 36.1 Å². The molecule has 2 aliphatic rings. The van der Waals surface area contributed by atoms with Gasteiger partial charge < -0.3 is 14.6 Å². The van der Waals surface area contributed by atoms with Crippen molar-refractivity contribution in [3.63, 3.8) is 0 Å². The van der Waals surface area contributed by atoms with Crippen LogP contribution in [0.1, 0.15) is 45.6 Å². The number of hydrogen-bond acceptors (Lipinski definition) is 5. The molecule has 0 radical (unpaired) electrons. The molecule has 30 heavy (non-hydrogen) atoms. The van der Waals surface area contributed by atoms with Gasteiger partial charge in [0.1, 0.15) is 6.04 Å². The van der Waals surface area contributed by atoms with Gasteiger partial charge in [0.2, 0.25) is 5.91 Å². The van der Waals surface area contributed by atoms with Crippen LogP contribution in [0.15, 0.2) is 47.1 Å². The number of hydrogen-bond donors (Lipinski definition) is 1. The molecule has 2 unspecified atom stereocenters. The van der Waals surface area contributed by atoms with Crippen molar-refractivity contribution in [2.75, 3.05) is 5.32 Å². The van der Waals surface area contributed by atoms with Crippen molar-refractivity contribution in [3.05, 3.63) is 70.1 Å². The van der Waals surface area contributed by atoms with E-state index in [1.807, 2.05) is 24.3 Å². The van der Waals surface area contributed by atoms with E-state index in [-0.39, 0.29) is 17.6 Å². The Labute approximate surface area is 178 Å². The molecule has 1 N–H and O–H groups in total. The summed E-state index contributed by atoms with van der Waals surface area (Å²) in [5, 5.41) is 3.62. The Hall–Kier alpha value is -2.93. The van der Waals surface area contributed by atoms with Crippen LogP contribution in [0.3, 0.4) is 0 Å². The number of furan rings is 1. The lowest BCUT2D eigenvalue weighted by molar-refractivity contribution is -0.121. The Morgan fingerprint density at radius 1 is 1.17 bits per heavy atom. The molecular weight excluding hydrogens is 398 g/mol. The summed E-state index contributed by atoms with van der Waals surface area (Å²) < 4.78 is 5.31. The number of carbonyl (C=O) groups excluding carboxylic acids is 2. The molecule has 0 fully saturated rings. The predicted molar refractivity (Wildman–Crippen MR) is 114 cm³/mol. The third kappa shape index (κ3) is 3.54. The first-order valence-electron chi connectivity index (χ1n) is 10.3. The van der Waals surface area contributed by atoms with E-state index in [1.54, 1.807) is 28.4 Å². The summed E-state index contributed by atoms with van der Waals surface area (Å²) in [5.41, 5.74) is 3.25. The summed E-state index contributed by atoms with van der Waals surface area (Å²) in [6.45, 7) is 2.62. The Bertz CT molecular complexity index is 1090. The lowest BCUT2D eigenvalue weighted by Crippen LogP contribution is -2.50. The van der Waals surface area contributed by atoms with E-state index in [1.165, 1.54) is 11.1 Å². The van der Waals surface area contributed by atoms with Crippen molar-refractivity contribution >= 4 is 28.3 Å². The zero-order chi connectivity index (χ0) is 20.7. The van der Waals surface area contributed by atoms with Crippen LogP contribution >= 0.6 is 11.3 Å². The molecule has 6 nitrogen and oxygen atoms in total. The van der Waals surface area contributed by atoms with Gasteiger partial charge in [-0.15, -0.1) is 11.3 Å². The normalized spacial score (nSPS) is 20.4. The number of aryl methyl sites for hydroxylation is 1. The predicted octanol–water partition coefficient (Wildman–Crippen LogP) is 4.07. The smallest absolute Gasteiger partial charge is 0.290 e. The van der Waals surface area contributed by atoms with Gasteiger partial charge in [-0.05, 0) is 48.4 Å². The standard InChI is InChI=1S/C23H23N3O3S/c1-14-8-9-17-20(11-14)30-23(24-17)25-21(27)18-12-15-5-2-3-6-16(15)13-26(18)22(28)19-7-4-10-29-19/h2-7,10,14,18H,8-9,11-13H2,1H3,(H,24,25,27). The number of thiazole rings is 1. The first-order chi connectivity index (χ1) is 14.6. The largest absolute Gasteiger partial charge is 0.459 e. The maximum Gasteiger partial charge on any atom is 0.290 e. The SMILES string of the molecule is CC1CCc2nc(NC(=O)C3Cc4ccccc4CN3C(=O)c3ccco3)sc2C1. The molecule has 154 valence electrons. The number of amides is 2. The Kier molecular flexibility index (Phi) is 4.90. The van der Waals surface area contributed by atoms with E-state index in [9.17, 15) is 9.59 Å². The monoisotopic (exact) mass is 421 g/mol. The van der Waals surface area contributed by atoms with Crippen LogP contribution in [-0.2, 0) is 30.6 Å². The minimum absolute atomic E-state index is 0.205. The van der Waals surface area contributed by atoms with Crippen LogP contribution in [0.5, 0.6) is 0 Å². The van der Waals surface area contributed by atoms with Gasteiger partial charge in [-0.1, -0.05) is 31.2 Å². The zero-order valence-corrected chi connectivity index (χ0v) is 17.6. The second-order valence-corrected chi connectivity index (χ2v) is 9.21. The van der Waals surface area contributed by atoms with Crippen LogP contribution < -0.4 is 5.32 Å². The van der Waals surface area contributed by atoms with E-state index in [0.29, 0.717) is 24.0 Å². The summed E-state index contributed by atoms with van der Waals surface area (Å²) in [4.78, 5) is 33.9. The van der Waals surface area contributed by atoms with Crippen molar-refractivity contribution in [3.8, 4) is 0 Å². The van der Waals surface area contributed by atoms with Gasteiger partial charge in [0, 0.05) is 17.8 Å². The lowest BCUT2D eigenvalue weighted by atomic mass is 9.93. The zero-order valence-electron chi connectivity index (χ0n) is 16.8. The van der Waals surface area contributed by atoms with Crippen molar-refractivity contribution < 1.29 is 14.0 Å². The third-order valence-corrected chi connectivity index (χ3v) is 7.00. The van der Waals surface area contributed by atoms with Gasteiger partial charge in [0.15, 0.2) is 10.9 Å². The second kappa shape index (κ2) is 7.72. The van der Waals surface area contributed by atoms with Crippen LogP contribution in [0.4, 0.5) is 5.13 Å². The minimum Gasteiger partial charge on any atom is -0.459 e. The minimum atomic E-state index is -0.614. The molecule has 1 aliphatic heterocycles. The van der Waals surface area contributed by atoms with Gasteiger partial charge >= 0.3 is 0 Å². The summed E-state index contributed by atoms with van der Waals surface area (Å²) in [7, 11) is 0. The number of anilines is 1. The summed E-state index contributed by atoms with van der Waals surface area (Å²) >= 11 is 1.56. The number of aromatic nitrogens is 1. The Morgan fingerprint density at radius 2 is 2.00 bits per heavy atom. The van der Waals surface area contributed by atoms with E-state index in [2.05, 4.69) is 17.2 Å². The maximum absolute atomic E-state index is 13.3. The summed E-state index contributed by atoms with van der Waals surface area (Å²) in [6, 6.07) is 10.6. The van der Waals surface area contributed by atoms with Gasteiger partial charge in [-0.25, -0.2) is 4.98 Å². The molecule has 0 saturated carbocycles. The molecule has 2 amide bonds. The third-order valence-electron chi connectivity index (χ3n) is 5.96. The van der Waals surface area contributed by atoms with Crippen molar-refractivity contribution in [1.29, 1.82) is 0 Å². The Morgan fingerprint density at radius 3 is 2.80 bits per heavy atom. The number of carbonyl (C=O) groups is 2. The second-order valence-electron chi connectivity index (χ2n) is 8.13. The first-order valence-corrected chi connectivity index (χ1v) is 11.1. The molecule has 0 bridgehead atoms. The number of nitrogens with zero attached hydrogens (tertiary/aromatic N) is 2. The van der Waals surface area contributed by atoms with Crippen molar-refractivity contribution in [2.45, 2.75) is 45.2 Å². The molecular formula is C23H23N3O3S. The maximum atomic E-state index is 13.3. The highest BCUT2D eigenvalue weighted by molar-refractivity contribution is 7.15. The molecule has 1 aliphatic carbocycles. The van der Waals surface area contributed by atoms with Crippen LogP contribution in [0.25, 0.3) is 0 Å². The average Bonchev–Trinajstić information content (AvgIpc) is 3.41. The molecule has 2 atom stereocenters. The molecule has 3 heterocycles. The molecule has 5 rings (SSSR count). The lowest BCUT2D eigenvalue weighted by Gasteiger charge is -2.35. The number of rotatable bonds is 3. The van der Waals surface area contributed by atoms with Crippen LogP contribution in [0.2, 0.25) is 0 Å². The highest BCUT2D eigenvalue weighted by Crippen LogP contribution is 2.33. The fourth-order valence-electron chi connectivity index (χ4n) is 4.29. The fraction of sp³-hybridized carbons (Fsp3) is 0.348. The number of nitrogens with one attached hydrogen (secondary N) is 1. The van der Waals surface area contributed by atoms with E-state index >= 15 is 0 Å². The van der Waals surface area contributed by atoms with Crippen LogP contribution in [0, 0.1) is 5.92 Å². The molecule has 3 aromatic rings. The van der Waals surface area contributed by atoms with Crippen molar-refractivity contribution in [2.24, 2.45) is 5.92 Å². The van der Waals surface area contributed by atoms with Crippen molar-refractivity contribution in [1.82, 2.24) is 9.88 Å². The van der Waals surface area contributed by atoms with Crippen LogP contribution in [-0.4, -0.2) is 27.7 Å². The summed E-state index contributed by atoms with van der Waals surface area (Å²) in [5.74, 6) is 0.411. The van der Waals surface area contributed by atoms with Gasteiger partial charge in [-0.3, -0.25) is 9.59 Å². The highest BCUT2D eigenvalue weighted by atomic mass is 32.1. The quantitative estimate of drug-likeness (QED) is 0.692.